The minimum Gasteiger partial charge on any atom is -0.506 e. The Morgan fingerprint density at radius 3 is 2.46 bits per heavy atom. The molecule has 0 spiro atoms. The normalized spacial score (nSPS) is 11.5. The Bertz CT molecular complexity index is 1140. The highest BCUT2D eigenvalue weighted by Crippen LogP contribution is 2.35. The summed E-state index contributed by atoms with van der Waals surface area (Å²) in [5.41, 5.74) is 7.40. The third kappa shape index (κ3) is 3.19. The number of aryl methyl sites for hydroxylation is 1. The van der Waals surface area contributed by atoms with E-state index in [0.717, 1.165) is 5.56 Å². The van der Waals surface area contributed by atoms with E-state index >= 15 is 0 Å². The van der Waals surface area contributed by atoms with Gasteiger partial charge in [0.1, 0.15) is 10.6 Å². The Labute approximate surface area is 149 Å². The van der Waals surface area contributed by atoms with Crippen molar-refractivity contribution in [2.24, 2.45) is 0 Å². The fourth-order valence-corrected chi connectivity index (χ4v) is 3.38. The summed E-state index contributed by atoms with van der Waals surface area (Å²) >= 11 is 0. The minimum atomic E-state index is -4.46. The van der Waals surface area contributed by atoms with Crippen molar-refractivity contribution in [1.82, 2.24) is 0 Å². The number of fused-ring (bicyclic) bond motifs is 1. The van der Waals surface area contributed by atoms with E-state index in [-0.39, 0.29) is 27.1 Å². The lowest BCUT2D eigenvalue weighted by atomic mass is 10.1. The van der Waals surface area contributed by atoms with Crippen LogP contribution in [0.2, 0.25) is 0 Å². The van der Waals surface area contributed by atoms with Crippen LogP contribution in [0.15, 0.2) is 53.4 Å². The second kappa shape index (κ2) is 6.32. The average molecular weight is 372 g/mol. The molecule has 7 nitrogen and oxygen atoms in total. The first-order valence-electron chi connectivity index (χ1n) is 7.58. The predicted octanol–water partition coefficient (Wildman–Crippen LogP) is 2.94. The van der Waals surface area contributed by atoms with E-state index in [1.807, 2.05) is 0 Å². The number of phenols is 1. The molecule has 0 aliphatic carbocycles. The Balaban J connectivity index is 2.11. The van der Waals surface area contributed by atoms with Gasteiger partial charge in [0.15, 0.2) is 0 Å². The highest BCUT2D eigenvalue weighted by Gasteiger charge is 2.18. The monoisotopic (exact) mass is 372 g/mol. The number of nitrogens with two attached hydrogens (primary N) is 1. The molecule has 0 atom stereocenters. The number of hydrogen-bond acceptors (Lipinski definition) is 5. The van der Waals surface area contributed by atoms with E-state index in [0.29, 0.717) is 11.3 Å². The van der Waals surface area contributed by atoms with Crippen molar-refractivity contribution in [3.63, 3.8) is 0 Å². The number of nitrogen functional groups attached to an aromatic ring is 1. The largest absolute Gasteiger partial charge is 0.506 e. The predicted molar refractivity (Wildman–Crippen MR) is 99.0 cm³/mol. The summed E-state index contributed by atoms with van der Waals surface area (Å²) in [6.45, 7) is 1.76. The molecule has 5 N–H and O–H groups in total. The van der Waals surface area contributed by atoms with Gasteiger partial charge in [-0.3, -0.25) is 9.35 Å². The van der Waals surface area contributed by atoms with Crippen LogP contribution < -0.4 is 11.1 Å². The molecule has 3 rings (SSSR count). The number of rotatable bonds is 3. The van der Waals surface area contributed by atoms with E-state index in [1.165, 1.54) is 30.3 Å². The van der Waals surface area contributed by atoms with Crippen LogP contribution in [0.3, 0.4) is 0 Å². The molecule has 0 saturated heterocycles. The maximum Gasteiger partial charge on any atom is 0.295 e. The number of amides is 1. The number of carbonyl (C=O) groups excluding carboxylic acids is 1. The van der Waals surface area contributed by atoms with Gasteiger partial charge in [-0.2, -0.15) is 8.42 Å². The van der Waals surface area contributed by atoms with Crippen molar-refractivity contribution in [2.75, 3.05) is 11.1 Å². The third-order valence-electron chi connectivity index (χ3n) is 4.05. The van der Waals surface area contributed by atoms with E-state index in [2.05, 4.69) is 5.32 Å². The molecule has 0 aliphatic heterocycles. The number of phenolic OH excluding ortho intramolecular Hbond substituents is 1. The highest BCUT2D eigenvalue weighted by molar-refractivity contribution is 7.86. The number of benzene rings is 3. The Hall–Kier alpha value is -3.10. The van der Waals surface area contributed by atoms with E-state index in [1.54, 1.807) is 25.1 Å². The highest BCUT2D eigenvalue weighted by atomic mass is 32.2. The molecule has 26 heavy (non-hydrogen) atoms. The van der Waals surface area contributed by atoms with Crippen LogP contribution in [0, 0.1) is 6.92 Å². The van der Waals surface area contributed by atoms with Crippen LogP contribution in [-0.4, -0.2) is 24.0 Å². The molecule has 1 amide bonds. The quantitative estimate of drug-likeness (QED) is 0.318. The molecule has 0 bridgehead atoms. The number of hydrogen-bond donors (Lipinski definition) is 4. The first-order chi connectivity index (χ1) is 12.2. The van der Waals surface area contributed by atoms with Crippen LogP contribution in [0.4, 0.5) is 11.4 Å². The summed E-state index contributed by atoms with van der Waals surface area (Å²) in [6.07, 6.45) is 0. The van der Waals surface area contributed by atoms with Crippen molar-refractivity contribution in [2.45, 2.75) is 11.8 Å². The zero-order chi connectivity index (χ0) is 19.1. The van der Waals surface area contributed by atoms with Crippen LogP contribution >= 0.6 is 0 Å². The Morgan fingerprint density at radius 1 is 1.08 bits per heavy atom. The molecule has 0 aliphatic rings. The Morgan fingerprint density at radius 2 is 1.81 bits per heavy atom. The van der Waals surface area contributed by atoms with Crippen molar-refractivity contribution < 1.29 is 22.9 Å². The molecule has 0 heterocycles. The lowest BCUT2D eigenvalue weighted by Crippen LogP contribution is -2.13. The standard InChI is InChI=1S/C18H16N2O5S/c1-10-9-11(5-7-14(10)19)18(22)20-17-13-3-2-4-16(26(23,24)25)12(13)6-8-15(17)21/h2-9,21H,19H2,1H3,(H,20,22)(H,23,24,25). The van der Waals surface area contributed by atoms with Crippen molar-refractivity contribution in [3.05, 3.63) is 59.7 Å². The molecule has 0 radical (unpaired) electrons. The number of nitrogens with one attached hydrogen (secondary N) is 1. The van der Waals surface area contributed by atoms with E-state index < -0.39 is 16.0 Å². The molecule has 134 valence electrons. The second-order valence-corrected chi connectivity index (χ2v) is 7.20. The zero-order valence-corrected chi connectivity index (χ0v) is 14.5. The molecule has 0 saturated carbocycles. The van der Waals surface area contributed by atoms with Crippen LogP contribution in [0.5, 0.6) is 5.75 Å². The fourth-order valence-electron chi connectivity index (χ4n) is 2.68. The van der Waals surface area contributed by atoms with Crippen molar-refractivity contribution in [3.8, 4) is 5.75 Å². The average Bonchev–Trinajstić information content (AvgIpc) is 2.58. The summed E-state index contributed by atoms with van der Waals surface area (Å²) in [7, 11) is -4.46. The van der Waals surface area contributed by atoms with Gasteiger partial charge < -0.3 is 16.2 Å². The van der Waals surface area contributed by atoms with Crippen molar-refractivity contribution in [1.29, 1.82) is 0 Å². The summed E-state index contributed by atoms with van der Waals surface area (Å²) in [5, 5.41) is 13.2. The summed E-state index contributed by atoms with van der Waals surface area (Å²) < 4.78 is 32.5. The summed E-state index contributed by atoms with van der Waals surface area (Å²) in [6, 6.07) is 11.5. The maximum absolute atomic E-state index is 12.5. The van der Waals surface area contributed by atoms with Crippen LogP contribution in [-0.2, 0) is 10.1 Å². The lowest BCUT2D eigenvalue weighted by Gasteiger charge is -2.13. The van der Waals surface area contributed by atoms with Gasteiger partial charge in [0, 0.05) is 22.0 Å². The number of carbonyl (C=O) groups is 1. The van der Waals surface area contributed by atoms with Gasteiger partial charge >= 0.3 is 0 Å². The topological polar surface area (TPSA) is 130 Å². The number of anilines is 2. The van der Waals surface area contributed by atoms with Gasteiger partial charge in [0.25, 0.3) is 16.0 Å². The molecule has 3 aromatic carbocycles. The maximum atomic E-state index is 12.5. The first-order valence-corrected chi connectivity index (χ1v) is 9.02. The van der Waals surface area contributed by atoms with E-state index in [4.69, 9.17) is 5.73 Å². The molecule has 8 heteroatoms. The number of aromatic hydroxyl groups is 1. The molecule has 0 fully saturated rings. The second-order valence-electron chi connectivity index (χ2n) is 5.81. The first kappa shape index (κ1) is 17.7. The SMILES string of the molecule is Cc1cc(C(=O)Nc2c(O)ccc3c(S(=O)(=O)O)cccc23)ccc1N. The third-order valence-corrected chi connectivity index (χ3v) is 4.96. The minimum absolute atomic E-state index is 0.0486. The van der Waals surface area contributed by atoms with Crippen molar-refractivity contribution >= 4 is 38.2 Å². The smallest absolute Gasteiger partial charge is 0.295 e. The molecular formula is C18H16N2O5S. The summed E-state index contributed by atoms with van der Waals surface area (Å²) in [5.74, 6) is -0.723. The molecule has 0 aromatic heterocycles. The lowest BCUT2D eigenvalue weighted by molar-refractivity contribution is 0.102. The fraction of sp³-hybridized carbons (Fsp3) is 0.0556. The molecule has 0 unspecified atom stereocenters. The molecular weight excluding hydrogens is 356 g/mol. The van der Waals surface area contributed by atoms with Gasteiger partial charge in [-0.15, -0.1) is 0 Å². The Kier molecular flexibility index (Phi) is 4.31. The molecule has 3 aromatic rings. The zero-order valence-electron chi connectivity index (χ0n) is 13.7. The summed E-state index contributed by atoms with van der Waals surface area (Å²) in [4.78, 5) is 12.2. The van der Waals surface area contributed by atoms with Gasteiger partial charge in [0.2, 0.25) is 0 Å². The van der Waals surface area contributed by atoms with Gasteiger partial charge in [-0.25, -0.2) is 0 Å². The van der Waals surface area contributed by atoms with Gasteiger partial charge in [0.05, 0.1) is 5.69 Å². The van der Waals surface area contributed by atoms with Gasteiger partial charge in [-0.05, 0) is 48.9 Å². The van der Waals surface area contributed by atoms with Crippen LogP contribution in [0.25, 0.3) is 10.8 Å². The van der Waals surface area contributed by atoms with E-state index in [9.17, 15) is 22.9 Å². The van der Waals surface area contributed by atoms with Gasteiger partial charge in [-0.1, -0.05) is 12.1 Å². The van der Waals surface area contributed by atoms with Crippen LogP contribution in [0.1, 0.15) is 15.9 Å².